The summed E-state index contributed by atoms with van der Waals surface area (Å²) in [6, 6.07) is 8.37. The van der Waals surface area contributed by atoms with Crippen LogP contribution in [0, 0.1) is 0 Å². The van der Waals surface area contributed by atoms with Crippen LogP contribution in [0.2, 0.25) is 0 Å². The first kappa shape index (κ1) is 12.7. The summed E-state index contributed by atoms with van der Waals surface area (Å²) in [7, 11) is -3.76. The Morgan fingerprint density at radius 3 is 2.44 bits per heavy atom. The maximum Gasteiger partial charge on any atom is 0.324 e. The molecule has 0 heterocycles. The Morgan fingerprint density at radius 1 is 1.38 bits per heavy atom. The fraction of sp³-hybridized carbons (Fsp3) is 0.300. The van der Waals surface area contributed by atoms with Crippen LogP contribution in [0.3, 0.4) is 0 Å². The van der Waals surface area contributed by atoms with Crippen molar-refractivity contribution >= 4 is 16.1 Å². The normalized spacial score (nSPS) is 13.1. The summed E-state index contributed by atoms with van der Waals surface area (Å²) in [6.07, 6.45) is 0.649. The van der Waals surface area contributed by atoms with Gasteiger partial charge in [0.25, 0.3) is 0 Å². The summed E-state index contributed by atoms with van der Waals surface area (Å²) in [4.78, 5) is 11.2. The predicted octanol–water partition coefficient (Wildman–Crippen LogP) is 0.579. The lowest BCUT2D eigenvalue weighted by Crippen LogP contribution is -2.19. The van der Waals surface area contributed by atoms with E-state index in [1.54, 1.807) is 24.3 Å². The molecule has 0 aromatic heterocycles. The predicted molar refractivity (Wildman–Crippen MR) is 58.9 cm³/mol. The van der Waals surface area contributed by atoms with Gasteiger partial charge in [0.1, 0.15) is 0 Å². The highest BCUT2D eigenvalue weighted by molar-refractivity contribution is 7.86. The van der Waals surface area contributed by atoms with E-state index in [0.29, 0.717) is 0 Å². The summed E-state index contributed by atoms with van der Waals surface area (Å²) in [5.74, 6) is -0.848. The fourth-order valence-electron chi connectivity index (χ4n) is 1.20. The van der Waals surface area contributed by atoms with E-state index in [-0.39, 0.29) is 6.42 Å². The number of nitrogens with two attached hydrogens (primary N) is 1. The monoisotopic (exact) mass is 243 g/mol. The number of rotatable bonds is 4. The van der Waals surface area contributed by atoms with Gasteiger partial charge in [-0.25, -0.2) is 0 Å². The molecule has 6 heteroatoms. The summed E-state index contributed by atoms with van der Waals surface area (Å²) in [5.41, 5.74) is 6.48. The van der Waals surface area contributed by atoms with E-state index in [0.717, 1.165) is 11.8 Å². The molecule has 1 atom stereocenters. The molecule has 0 unspecified atom stereocenters. The van der Waals surface area contributed by atoms with Gasteiger partial charge in [0.15, 0.2) is 0 Å². The van der Waals surface area contributed by atoms with E-state index in [4.69, 9.17) is 5.73 Å². The van der Waals surface area contributed by atoms with Gasteiger partial charge >= 0.3 is 16.1 Å². The summed E-state index contributed by atoms with van der Waals surface area (Å²) < 4.78 is 25.5. The molecule has 5 nitrogen and oxygen atoms in total. The summed E-state index contributed by atoms with van der Waals surface area (Å²) in [5, 5.41) is 0. The minimum absolute atomic E-state index is 0.170. The molecule has 0 spiro atoms. The molecule has 0 aliphatic carbocycles. The summed E-state index contributed by atoms with van der Waals surface area (Å²) in [6.45, 7) is 0. The maximum atomic E-state index is 11.2. The largest absolute Gasteiger partial charge is 0.346 e. The lowest BCUT2D eigenvalue weighted by atomic mass is 10.1. The molecule has 0 saturated heterocycles. The number of carbonyl (C=O) groups excluding carboxylic acids is 1. The molecule has 1 aromatic rings. The highest BCUT2D eigenvalue weighted by Gasteiger charge is 2.16. The molecule has 2 N–H and O–H groups in total. The van der Waals surface area contributed by atoms with Crippen molar-refractivity contribution in [3.05, 3.63) is 35.9 Å². The topological polar surface area (TPSA) is 86.5 Å². The van der Waals surface area contributed by atoms with Crippen LogP contribution < -0.4 is 5.73 Å². The molecule has 0 fully saturated rings. The van der Waals surface area contributed by atoms with E-state index in [9.17, 15) is 13.2 Å². The molecule has 0 bridgehead atoms. The van der Waals surface area contributed by atoms with Gasteiger partial charge in [-0.1, -0.05) is 30.3 Å². The van der Waals surface area contributed by atoms with Crippen LogP contribution in [0.1, 0.15) is 18.0 Å². The Morgan fingerprint density at radius 2 is 1.94 bits per heavy atom. The highest BCUT2D eigenvalue weighted by Crippen LogP contribution is 2.14. The van der Waals surface area contributed by atoms with Gasteiger partial charge in [0, 0.05) is 6.04 Å². The third kappa shape index (κ3) is 4.41. The quantitative estimate of drug-likeness (QED) is 0.782. The van der Waals surface area contributed by atoms with Crippen molar-refractivity contribution in [2.45, 2.75) is 12.5 Å². The van der Waals surface area contributed by atoms with Crippen molar-refractivity contribution in [1.29, 1.82) is 0 Å². The number of hydrogen-bond donors (Lipinski definition) is 1. The minimum Gasteiger partial charge on any atom is -0.346 e. The van der Waals surface area contributed by atoms with E-state index >= 15 is 0 Å². The van der Waals surface area contributed by atoms with Crippen molar-refractivity contribution in [2.24, 2.45) is 5.73 Å². The Labute approximate surface area is 94.3 Å². The minimum atomic E-state index is -3.76. The average Bonchev–Trinajstić information content (AvgIpc) is 2.16. The lowest BCUT2D eigenvalue weighted by molar-refractivity contribution is -0.134. The standard InChI is InChI=1S/C10H13NO4S/c1-16(13,14)15-10(12)7-9(11)8-5-3-2-4-6-8/h2-6,9H,7,11H2,1H3/t9-/m1/s1. The van der Waals surface area contributed by atoms with Crippen LogP contribution >= 0.6 is 0 Å². The molecule has 1 rings (SSSR count). The molecule has 88 valence electrons. The maximum absolute atomic E-state index is 11.2. The third-order valence-electron chi connectivity index (χ3n) is 1.86. The summed E-state index contributed by atoms with van der Waals surface area (Å²) >= 11 is 0. The van der Waals surface area contributed by atoms with Crippen molar-refractivity contribution < 1.29 is 17.4 Å². The van der Waals surface area contributed by atoms with Gasteiger partial charge in [0.05, 0.1) is 12.7 Å². The Balaban J connectivity index is 2.59. The van der Waals surface area contributed by atoms with Crippen molar-refractivity contribution in [3.63, 3.8) is 0 Å². The molecule has 0 amide bonds. The Bertz CT molecular complexity index is 455. The van der Waals surface area contributed by atoms with Gasteiger partial charge in [0.2, 0.25) is 0 Å². The first-order valence-corrected chi connectivity index (χ1v) is 6.43. The SMILES string of the molecule is CS(=O)(=O)OC(=O)C[C@@H](N)c1ccccc1. The molecule has 0 radical (unpaired) electrons. The smallest absolute Gasteiger partial charge is 0.324 e. The van der Waals surface area contributed by atoms with Crippen molar-refractivity contribution in [2.75, 3.05) is 6.26 Å². The number of hydrogen-bond acceptors (Lipinski definition) is 5. The Hall–Kier alpha value is -1.40. The van der Waals surface area contributed by atoms with E-state index < -0.39 is 22.1 Å². The van der Waals surface area contributed by atoms with Gasteiger partial charge < -0.3 is 9.92 Å². The van der Waals surface area contributed by atoms with E-state index in [1.807, 2.05) is 6.07 Å². The number of carbonyl (C=O) groups is 1. The Kier molecular flexibility index (Phi) is 4.03. The second kappa shape index (κ2) is 5.09. The van der Waals surface area contributed by atoms with Gasteiger partial charge in [-0.3, -0.25) is 4.79 Å². The zero-order valence-corrected chi connectivity index (χ0v) is 9.61. The van der Waals surface area contributed by atoms with E-state index in [1.165, 1.54) is 0 Å². The molecule has 0 aliphatic heterocycles. The lowest BCUT2D eigenvalue weighted by Gasteiger charge is -2.10. The van der Waals surface area contributed by atoms with Gasteiger partial charge in [-0.2, -0.15) is 8.42 Å². The van der Waals surface area contributed by atoms with Crippen molar-refractivity contribution in [3.8, 4) is 0 Å². The van der Waals surface area contributed by atoms with Crippen LogP contribution in [-0.2, 0) is 19.1 Å². The highest BCUT2D eigenvalue weighted by atomic mass is 32.2. The van der Waals surface area contributed by atoms with Crippen LogP contribution in [-0.4, -0.2) is 20.6 Å². The molecule has 0 aliphatic rings. The van der Waals surface area contributed by atoms with Crippen molar-refractivity contribution in [1.82, 2.24) is 0 Å². The first-order valence-electron chi connectivity index (χ1n) is 4.61. The van der Waals surface area contributed by atoms with Gasteiger partial charge in [-0.15, -0.1) is 0 Å². The van der Waals surface area contributed by atoms with Crippen LogP contribution in [0.4, 0.5) is 0 Å². The second-order valence-electron chi connectivity index (χ2n) is 3.38. The van der Waals surface area contributed by atoms with Crippen LogP contribution in [0.5, 0.6) is 0 Å². The molecule has 1 aromatic carbocycles. The third-order valence-corrected chi connectivity index (χ3v) is 2.35. The van der Waals surface area contributed by atoms with E-state index in [2.05, 4.69) is 4.18 Å². The number of benzene rings is 1. The fourth-order valence-corrected chi connectivity index (χ4v) is 1.61. The zero-order chi connectivity index (χ0) is 12.2. The van der Waals surface area contributed by atoms with Crippen LogP contribution in [0.25, 0.3) is 0 Å². The molecule has 0 saturated carbocycles. The first-order chi connectivity index (χ1) is 7.38. The van der Waals surface area contributed by atoms with Gasteiger partial charge in [-0.05, 0) is 5.56 Å². The molecular formula is C10H13NO4S. The van der Waals surface area contributed by atoms with Crippen LogP contribution in [0.15, 0.2) is 30.3 Å². The average molecular weight is 243 g/mol. The second-order valence-corrected chi connectivity index (χ2v) is 4.96. The molecular weight excluding hydrogens is 230 g/mol. The zero-order valence-electron chi connectivity index (χ0n) is 8.79. The molecule has 16 heavy (non-hydrogen) atoms.